The van der Waals surface area contributed by atoms with E-state index in [2.05, 4.69) is 17.5 Å². The van der Waals surface area contributed by atoms with Gasteiger partial charge in [-0.15, -0.1) is 11.3 Å². The normalized spacial score (nSPS) is 22.3. The SMILES string of the molecule is O=C(NCC1CC=CCC1)c1sccc1S(=O)(=O)N1CCCC1. The van der Waals surface area contributed by atoms with Crippen molar-refractivity contribution in [2.45, 2.75) is 37.0 Å². The van der Waals surface area contributed by atoms with Crippen LogP contribution in [-0.4, -0.2) is 38.3 Å². The third-order valence-electron chi connectivity index (χ3n) is 4.45. The maximum atomic E-state index is 12.7. The minimum Gasteiger partial charge on any atom is -0.351 e. The summed E-state index contributed by atoms with van der Waals surface area (Å²) in [4.78, 5) is 12.9. The van der Waals surface area contributed by atoms with Crippen LogP contribution in [0.4, 0.5) is 0 Å². The lowest BCUT2D eigenvalue weighted by Crippen LogP contribution is -2.32. The largest absolute Gasteiger partial charge is 0.351 e. The van der Waals surface area contributed by atoms with Crippen molar-refractivity contribution < 1.29 is 13.2 Å². The average Bonchev–Trinajstić information content (AvgIpc) is 3.25. The summed E-state index contributed by atoms with van der Waals surface area (Å²) >= 11 is 1.20. The number of thiophene rings is 1. The van der Waals surface area contributed by atoms with E-state index in [0.29, 0.717) is 30.4 Å². The van der Waals surface area contributed by atoms with Crippen molar-refractivity contribution >= 4 is 27.3 Å². The van der Waals surface area contributed by atoms with Crippen LogP contribution in [0, 0.1) is 5.92 Å². The van der Waals surface area contributed by atoms with Crippen LogP contribution in [-0.2, 0) is 10.0 Å². The molecule has 0 spiro atoms. The van der Waals surface area contributed by atoms with Crippen molar-refractivity contribution in [1.82, 2.24) is 9.62 Å². The van der Waals surface area contributed by atoms with Crippen LogP contribution in [0.5, 0.6) is 0 Å². The predicted octanol–water partition coefficient (Wildman–Crippen LogP) is 2.62. The van der Waals surface area contributed by atoms with Crippen LogP contribution in [0.1, 0.15) is 41.8 Å². The first-order valence-corrected chi connectivity index (χ1v) is 10.4. The van der Waals surface area contributed by atoms with E-state index in [0.717, 1.165) is 32.1 Å². The van der Waals surface area contributed by atoms with Gasteiger partial charge in [0.15, 0.2) is 0 Å². The number of carbonyl (C=O) groups excluding carboxylic acids is 1. The Labute approximate surface area is 141 Å². The molecule has 1 unspecified atom stereocenters. The lowest BCUT2D eigenvalue weighted by molar-refractivity contribution is 0.0947. The molecule has 126 valence electrons. The van der Waals surface area contributed by atoms with Crippen LogP contribution < -0.4 is 5.32 Å². The Balaban J connectivity index is 1.69. The molecule has 1 fully saturated rings. The average molecular weight is 354 g/mol. The predicted molar refractivity (Wildman–Crippen MR) is 91.1 cm³/mol. The molecule has 23 heavy (non-hydrogen) atoms. The molecule has 1 aromatic heterocycles. The number of rotatable bonds is 5. The van der Waals surface area contributed by atoms with E-state index in [4.69, 9.17) is 0 Å². The highest BCUT2D eigenvalue weighted by Gasteiger charge is 2.31. The van der Waals surface area contributed by atoms with Crippen LogP contribution in [0.25, 0.3) is 0 Å². The van der Waals surface area contributed by atoms with Gasteiger partial charge in [-0.3, -0.25) is 4.79 Å². The molecule has 2 heterocycles. The zero-order valence-electron chi connectivity index (χ0n) is 13.0. The Morgan fingerprint density at radius 3 is 2.78 bits per heavy atom. The number of carbonyl (C=O) groups is 1. The Bertz CT molecular complexity index is 688. The highest BCUT2D eigenvalue weighted by atomic mass is 32.2. The fourth-order valence-corrected chi connectivity index (χ4v) is 5.93. The highest BCUT2D eigenvalue weighted by Crippen LogP contribution is 2.27. The molecule has 0 aromatic carbocycles. The van der Waals surface area contributed by atoms with Crippen molar-refractivity contribution in [3.8, 4) is 0 Å². The number of sulfonamides is 1. The van der Waals surface area contributed by atoms with Crippen LogP contribution >= 0.6 is 11.3 Å². The molecular weight excluding hydrogens is 332 g/mol. The Hall–Kier alpha value is -1.18. The standard InChI is InChI=1S/C16H22N2O3S2/c19-16(17-12-13-6-2-1-3-7-13)15-14(8-11-22-15)23(20,21)18-9-4-5-10-18/h1-2,8,11,13H,3-7,9-10,12H2,(H,17,19). The number of nitrogens with zero attached hydrogens (tertiary/aromatic N) is 1. The fraction of sp³-hybridized carbons (Fsp3) is 0.562. The number of nitrogens with one attached hydrogen (secondary N) is 1. The molecule has 1 aromatic rings. The van der Waals surface area contributed by atoms with E-state index >= 15 is 0 Å². The summed E-state index contributed by atoms with van der Waals surface area (Å²) in [6.45, 7) is 1.70. The Morgan fingerprint density at radius 1 is 1.30 bits per heavy atom. The van der Waals surface area contributed by atoms with E-state index in [9.17, 15) is 13.2 Å². The summed E-state index contributed by atoms with van der Waals surface area (Å²) < 4.78 is 26.8. The molecule has 2 aliphatic rings. The zero-order valence-corrected chi connectivity index (χ0v) is 14.7. The van der Waals surface area contributed by atoms with Crippen molar-refractivity contribution in [3.05, 3.63) is 28.5 Å². The molecule has 7 heteroatoms. The monoisotopic (exact) mass is 354 g/mol. The minimum absolute atomic E-state index is 0.158. The molecule has 3 rings (SSSR count). The topological polar surface area (TPSA) is 66.5 Å². The summed E-state index contributed by atoms with van der Waals surface area (Å²) in [6, 6.07) is 1.55. The van der Waals surface area contributed by atoms with E-state index in [1.807, 2.05) is 0 Å². The van der Waals surface area contributed by atoms with Gasteiger partial charge in [0.25, 0.3) is 5.91 Å². The first-order chi connectivity index (χ1) is 11.1. The lowest BCUT2D eigenvalue weighted by atomic mass is 9.94. The lowest BCUT2D eigenvalue weighted by Gasteiger charge is -2.19. The van der Waals surface area contributed by atoms with Gasteiger partial charge in [0.1, 0.15) is 9.77 Å². The Kier molecular flexibility index (Phi) is 5.18. The van der Waals surface area contributed by atoms with Gasteiger partial charge >= 0.3 is 0 Å². The summed E-state index contributed by atoms with van der Waals surface area (Å²) in [6.07, 6.45) is 9.19. The van der Waals surface area contributed by atoms with E-state index in [-0.39, 0.29) is 10.8 Å². The van der Waals surface area contributed by atoms with Gasteiger partial charge < -0.3 is 5.32 Å². The van der Waals surface area contributed by atoms with Crippen molar-refractivity contribution in [3.63, 3.8) is 0 Å². The van der Waals surface area contributed by atoms with Crippen LogP contribution in [0.2, 0.25) is 0 Å². The number of allylic oxidation sites excluding steroid dienone is 2. The molecular formula is C16H22N2O3S2. The molecule has 1 saturated heterocycles. The maximum absolute atomic E-state index is 12.7. The maximum Gasteiger partial charge on any atom is 0.262 e. The second-order valence-electron chi connectivity index (χ2n) is 6.09. The van der Waals surface area contributed by atoms with Gasteiger partial charge in [0.2, 0.25) is 10.0 Å². The smallest absolute Gasteiger partial charge is 0.262 e. The summed E-state index contributed by atoms with van der Waals surface area (Å²) in [7, 11) is -3.54. The summed E-state index contributed by atoms with van der Waals surface area (Å²) in [5.41, 5.74) is 0. The van der Waals surface area contributed by atoms with Crippen molar-refractivity contribution in [1.29, 1.82) is 0 Å². The van der Waals surface area contributed by atoms with E-state index in [1.165, 1.54) is 15.6 Å². The molecule has 0 saturated carbocycles. The van der Waals surface area contributed by atoms with Crippen molar-refractivity contribution in [2.24, 2.45) is 5.92 Å². The second-order valence-corrected chi connectivity index (χ2v) is 8.91. The van der Waals surface area contributed by atoms with Gasteiger partial charge in [-0.2, -0.15) is 4.31 Å². The number of amides is 1. The summed E-state index contributed by atoms with van der Waals surface area (Å²) in [5, 5.41) is 4.59. The molecule has 1 N–H and O–H groups in total. The third-order valence-corrected chi connectivity index (χ3v) is 7.43. The first-order valence-electron chi connectivity index (χ1n) is 8.10. The Morgan fingerprint density at radius 2 is 2.09 bits per heavy atom. The molecule has 1 amide bonds. The molecule has 0 bridgehead atoms. The first kappa shape index (κ1) is 16.7. The molecule has 1 aliphatic heterocycles. The van der Waals surface area contributed by atoms with E-state index in [1.54, 1.807) is 11.4 Å². The van der Waals surface area contributed by atoms with Crippen molar-refractivity contribution in [2.75, 3.05) is 19.6 Å². The molecule has 0 radical (unpaired) electrons. The molecule has 1 aliphatic carbocycles. The summed E-state index contributed by atoms with van der Waals surface area (Å²) in [5.74, 6) is 0.176. The van der Waals surface area contributed by atoms with Crippen LogP contribution in [0.15, 0.2) is 28.5 Å². The second kappa shape index (κ2) is 7.15. The van der Waals surface area contributed by atoms with Gasteiger partial charge in [-0.25, -0.2) is 8.42 Å². The number of hydrogen-bond acceptors (Lipinski definition) is 4. The minimum atomic E-state index is -3.54. The highest BCUT2D eigenvalue weighted by molar-refractivity contribution is 7.89. The quantitative estimate of drug-likeness (QED) is 0.827. The van der Waals surface area contributed by atoms with Gasteiger partial charge in [-0.1, -0.05) is 12.2 Å². The molecule has 1 atom stereocenters. The molecule has 5 nitrogen and oxygen atoms in total. The van der Waals surface area contributed by atoms with E-state index < -0.39 is 10.0 Å². The van der Waals surface area contributed by atoms with Gasteiger partial charge in [-0.05, 0) is 49.5 Å². The third kappa shape index (κ3) is 3.67. The van der Waals surface area contributed by atoms with Crippen LogP contribution in [0.3, 0.4) is 0 Å². The van der Waals surface area contributed by atoms with Gasteiger partial charge in [0, 0.05) is 19.6 Å². The zero-order chi connectivity index (χ0) is 16.3. The fourth-order valence-electron chi connectivity index (χ4n) is 3.09. The number of hydrogen-bond donors (Lipinski definition) is 1. The van der Waals surface area contributed by atoms with Gasteiger partial charge in [0.05, 0.1) is 0 Å².